The first-order valence-electron chi connectivity index (χ1n) is 10.2. The monoisotopic (exact) mass is 412 g/mol. The number of benzene rings is 2. The van der Waals surface area contributed by atoms with E-state index in [1.807, 2.05) is 55.4 Å². The van der Waals surface area contributed by atoms with Crippen LogP contribution < -0.4 is 15.1 Å². The molecule has 160 valence electrons. The van der Waals surface area contributed by atoms with Gasteiger partial charge in [0.25, 0.3) is 5.91 Å². The number of ether oxygens (including phenoxy) is 2. The fourth-order valence-corrected chi connectivity index (χ4v) is 3.26. The summed E-state index contributed by atoms with van der Waals surface area (Å²) in [4.78, 5) is 27.7. The third-order valence-electron chi connectivity index (χ3n) is 5.12. The van der Waals surface area contributed by atoms with Crippen molar-refractivity contribution in [2.75, 3.05) is 51.9 Å². The summed E-state index contributed by atoms with van der Waals surface area (Å²) in [6.45, 7) is 4.59. The van der Waals surface area contributed by atoms with Gasteiger partial charge in [0.15, 0.2) is 6.61 Å². The largest absolute Gasteiger partial charge is 0.452 e. The van der Waals surface area contributed by atoms with E-state index in [0.29, 0.717) is 12.1 Å². The minimum Gasteiger partial charge on any atom is -0.452 e. The second-order valence-corrected chi connectivity index (χ2v) is 7.65. The summed E-state index contributed by atoms with van der Waals surface area (Å²) < 4.78 is 10.5. The molecule has 30 heavy (non-hydrogen) atoms. The Morgan fingerprint density at radius 1 is 1.00 bits per heavy atom. The molecular weight excluding hydrogens is 382 g/mol. The minimum absolute atomic E-state index is 0.297. The second-order valence-electron chi connectivity index (χ2n) is 7.65. The van der Waals surface area contributed by atoms with E-state index >= 15 is 0 Å². The molecule has 0 atom stereocenters. The van der Waals surface area contributed by atoms with Crippen molar-refractivity contribution in [3.8, 4) is 0 Å². The van der Waals surface area contributed by atoms with E-state index in [4.69, 9.17) is 9.47 Å². The number of carbonyl (C=O) groups is 2. The van der Waals surface area contributed by atoms with E-state index in [1.165, 1.54) is 10.5 Å². The number of morpholine rings is 1. The SMILES string of the molecule is CN(C)c1ccc(CNC(=O)COC(=O)c2ccc(C[NH+]3CCOCC3)cc2)cc1. The van der Waals surface area contributed by atoms with E-state index in [-0.39, 0.29) is 12.5 Å². The summed E-state index contributed by atoms with van der Waals surface area (Å²) in [6.07, 6.45) is 0. The second kappa shape index (κ2) is 10.8. The van der Waals surface area contributed by atoms with E-state index in [9.17, 15) is 9.59 Å². The van der Waals surface area contributed by atoms with Crippen molar-refractivity contribution in [3.63, 3.8) is 0 Å². The van der Waals surface area contributed by atoms with Gasteiger partial charge in [-0.05, 0) is 29.8 Å². The van der Waals surface area contributed by atoms with Crippen LogP contribution in [0.15, 0.2) is 48.5 Å². The average molecular weight is 413 g/mol. The van der Waals surface area contributed by atoms with Crippen molar-refractivity contribution >= 4 is 17.6 Å². The number of nitrogens with one attached hydrogen (secondary N) is 2. The maximum Gasteiger partial charge on any atom is 0.338 e. The van der Waals surface area contributed by atoms with Crippen molar-refractivity contribution in [3.05, 3.63) is 65.2 Å². The Hall–Kier alpha value is -2.90. The molecular formula is C23H30N3O4+. The zero-order chi connectivity index (χ0) is 21.3. The summed E-state index contributed by atoms with van der Waals surface area (Å²) in [5.74, 6) is -0.821. The molecule has 0 radical (unpaired) electrons. The van der Waals surface area contributed by atoms with Crippen LogP contribution in [-0.4, -0.2) is 58.9 Å². The van der Waals surface area contributed by atoms with Crippen LogP contribution in [0.5, 0.6) is 0 Å². The lowest BCUT2D eigenvalue weighted by Gasteiger charge is -2.23. The first kappa shape index (κ1) is 21.8. The zero-order valence-electron chi connectivity index (χ0n) is 17.6. The Morgan fingerprint density at radius 2 is 1.63 bits per heavy atom. The van der Waals surface area contributed by atoms with Crippen LogP contribution in [0.4, 0.5) is 5.69 Å². The van der Waals surface area contributed by atoms with E-state index in [2.05, 4.69) is 5.32 Å². The number of carbonyl (C=O) groups excluding carboxylic acids is 2. The summed E-state index contributed by atoms with van der Waals surface area (Å²) in [5.41, 5.74) is 3.69. The van der Waals surface area contributed by atoms with Crippen molar-refractivity contribution in [1.82, 2.24) is 5.32 Å². The Balaban J connectivity index is 1.40. The van der Waals surface area contributed by atoms with Gasteiger partial charge < -0.3 is 24.6 Å². The van der Waals surface area contributed by atoms with Gasteiger partial charge in [-0.2, -0.15) is 0 Å². The molecule has 0 bridgehead atoms. The Kier molecular flexibility index (Phi) is 7.82. The van der Waals surface area contributed by atoms with Crippen LogP contribution >= 0.6 is 0 Å². The lowest BCUT2D eigenvalue weighted by atomic mass is 10.1. The van der Waals surface area contributed by atoms with Crippen LogP contribution in [0, 0.1) is 0 Å². The van der Waals surface area contributed by atoms with E-state index in [0.717, 1.165) is 44.1 Å². The molecule has 2 aromatic carbocycles. The number of nitrogens with zero attached hydrogens (tertiary/aromatic N) is 1. The number of esters is 1. The van der Waals surface area contributed by atoms with Crippen LogP contribution in [0.25, 0.3) is 0 Å². The molecule has 7 nitrogen and oxygen atoms in total. The lowest BCUT2D eigenvalue weighted by molar-refractivity contribution is -0.921. The number of amides is 1. The minimum atomic E-state index is -0.495. The lowest BCUT2D eigenvalue weighted by Crippen LogP contribution is -3.12. The predicted molar refractivity (Wildman–Crippen MR) is 115 cm³/mol. The molecule has 1 aliphatic heterocycles. The van der Waals surface area contributed by atoms with Gasteiger partial charge in [0.1, 0.15) is 19.6 Å². The molecule has 0 spiro atoms. The number of quaternary nitrogens is 1. The van der Waals surface area contributed by atoms with Crippen molar-refractivity contribution in [1.29, 1.82) is 0 Å². The highest BCUT2D eigenvalue weighted by Gasteiger charge is 2.15. The van der Waals surface area contributed by atoms with Gasteiger partial charge in [0, 0.05) is 31.9 Å². The van der Waals surface area contributed by atoms with Crippen molar-refractivity contribution in [2.24, 2.45) is 0 Å². The summed E-state index contributed by atoms with van der Waals surface area (Å²) in [7, 11) is 3.95. The number of rotatable bonds is 8. The molecule has 1 heterocycles. The normalized spacial score (nSPS) is 14.2. The van der Waals surface area contributed by atoms with Crippen LogP contribution in [-0.2, 0) is 27.4 Å². The van der Waals surface area contributed by atoms with Gasteiger partial charge in [-0.3, -0.25) is 4.79 Å². The molecule has 3 rings (SSSR count). The topological polar surface area (TPSA) is 72.3 Å². The highest BCUT2D eigenvalue weighted by atomic mass is 16.5. The third kappa shape index (κ3) is 6.57. The maximum absolute atomic E-state index is 12.2. The quantitative estimate of drug-likeness (QED) is 0.623. The van der Waals surface area contributed by atoms with Crippen LogP contribution in [0.2, 0.25) is 0 Å². The molecule has 1 fully saturated rings. The number of hydrogen-bond acceptors (Lipinski definition) is 5. The van der Waals surface area contributed by atoms with Crippen molar-refractivity contribution in [2.45, 2.75) is 13.1 Å². The summed E-state index contributed by atoms with van der Waals surface area (Å²) in [6, 6.07) is 15.3. The first-order valence-corrected chi connectivity index (χ1v) is 10.2. The molecule has 2 aromatic rings. The van der Waals surface area contributed by atoms with Gasteiger partial charge in [-0.15, -0.1) is 0 Å². The molecule has 7 heteroatoms. The van der Waals surface area contributed by atoms with E-state index in [1.54, 1.807) is 12.1 Å². The predicted octanol–water partition coefficient (Wildman–Crippen LogP) is 0.641. The molecule has 0 saturated carbocycles. The first-order chi connectivity index (χ1) is 14.5. The Labute approximate surface area is 177 Å². The standard InChI is InChI=1S/C23H29N3O4/c1-25(2)21-9-5-18(6-10-21)15-24-22(27)17-30-23(28)20-7-3-19(4-8-20)16-26-11-13-29-14-12-26/h3-10H,11-17H2,1-2H3,(H,24,27)/p+1. The maximum atomic E-state index is 12.2. The van der Waals surface area contributed by atoms with Crippen LogP contribution in [0.3, 0.4) is 0 Å². The third-order valence-corrected chi connectivity index (χ3v) is 5.12. The van der Waals surface area contributed by atoms with Gasteiger partial charge in [-0.1, -0.05) is 24.3 Å². The Morgan fingerprint density at radius 3 is 2.27 bits per heavy atom. The average Bonchev–Trinajstić information content (AvgIpc) is 2.77. The van der Waals surface area contributed by atoms with E-state index < -0.39 is 5.97 Å². The number of hydrogen-bond donors (Lipinski definition) is 2. The highest BCUT2D eigenvalue weighted by Crippen LogP contribution is 2.12. The number of anilines is 1. The Bertz CT molecular complexity index is 829. The molecule has 1 saturated heterocycles. The van der Waals surface area contributed by atoms with Gasteiger partial charge >= 0.3 is 5.97 Å². The van der Waals surface area contributed by atoms with Gasteiger partial charge in [-0.25, -0.2) is 4.79 Å². The molecule has 0 aliphatic carbocycles. The smallest absolute Gasteiger partial charge is 0.338 e. The zero-order valence-corrected chi connectivity index (χ0v) is 17.6. The van der Waals surface area contributed by atoms with Gasteiger partial charge in [0.2, 0.25) is 0 Å². The fraction of sp³-hybridized carbons (Fsp3) is 0.391. The molecule has 1 amide bonds. The van der Waals surface area contributed by atoms with Gasteiger partial charge in [0.05, 0.1) is 18.8 Å². The molecule has 0 aromatic heterocycles. The summed E-state index contributed by atoms with van der Waals surface area (Å²) in [5, 5.41) is 2.77. The molecule has 1 aliphatic rings. The highest BCUT2D eigenvalue weighted by molar-refractivity contribution is 5.91. The van der Waals surface area contributed by atoms with Crippen LogP contribution in [0.1, 0.15) is 21.5 Å². The summed E-state index contributed by atoms with van der Waals surface area (Å²) >= 11 is 0. The molecule has 2 N–H and O–H groups in total. The fourth-order valence-electron chi connectivity index (χ4n) is 3.26. The molecule has 0 unspecified atom stereocenters. The van der Waals surface area contributed by atoms with Crippen molar-refractivity contribution < 1.29 is 24.0 Å².